The van der Waals surface area contributed by atoms with E-state index < -0.39 is 8.25 Å². The molecule has 0 aliphatic heterocycles. The molecule has 1 heterocycles. The Labute approximate surface area is 101 Å². The molecule has 0 amide bonds. The molecule has 1 N–H and O–H groups in total. The molecule has 1 atom stereocenters. The second kappa shape index (κ2) is 7.15. The van der Waals surface area contributed by atoms with Gasteiger partial charge in [0.15, 0.2) is 0 Å². The van der Waals surface area contributed by atoms with E-state index in [0.29, 0.717) is 11.3 Å². The van der Waals surface area contributed by atoms with Crippen LogP contribution >= 0.6 is 8.25 Å². The smallest absolute Gasteiger partial charge is 0.365 e. The molecular weight excluding hydrogens is 239 g/mol. The number of unbranched alkanes of at least 4 members (excludes halogenated alkanes) is 1. The predicted octanol–water partition coefficient (Wildman–Crippen LogP) is 4.00. The molecule has 1 aromatic heterocycles. The zero-order valence-electron chi connectivity index (χ0n) is 9.97. The molecule has 0 radical (unpaired) electrons. The maximum absolute atomic E-state index is 10.4. The molecule has 1 unspecified atom stereocenters. The first-order valence-corrected chi connectivity index (χ1v) is 6.81. The zero-order valence-corrected chi connectivity index (χ0v) is 11.0. The first kappa shape index (κ1) is 13.8. The molecule has 5 heteroatoms. The van der Waals surface area contributed by atoms with Gasteiger partial charge in [-0.1, -0.05) is 26.7 Å². The predicted molar refractivity (Wildman–Crippen MR) is 68.6 cm³/mol. The van der Waals surface area contributed by atoms with Crippen LogP contribution in [0.3, 0.4) is 0 Å². The zero-order chi connectivity index (χ0) is 12.7. The van der Waals surface area contributed by atoms with Crippen LogP contribution in [0.25, 0.3) is 11.0 Å². The van der Waals surface area contributed by atoms with E-state index in [1.54, 1.807) is 30.5 Å². The Bertz CT molecular complexity index is 476. The van der Waals surface area contributed by atoms with E-state index in [4.69, 9.17) is 9.31 Å². The van der Waals surface area contributed by atoms with Crippen LogP contribution in [0.15, 0.2) is 34.9 Å². The summed E-state index contributed by atoms with van der Waals surface area (Å²) in [7, 11) is -2.93. The van der Waals surface area contributed by atoms with Gasteiger partial charge < -0.3 is 13.8 Å². The highest BCUT2D eigenvalue weighted by Crippen LogP contribution is 2.27. The number of furan rings is 1. The fourth-order valence-corrected chi connectivity index (χ4v) is 1.43. The summed E-state index contributed by atoms with van der Waals surface area (Å²) >= 11 is 0. The van der Waals surface area contributed by atoms with Gasteiger partial charge in [0.25, 0.3) is 0 Å². The molecule has 2 aromatic rings. The number of fused-ring (bicyclic) bond motifs is 1. The van der Waals surface area contributed by atoms with Gasteiger partial charge in [0.1, 0.15) is 11.3 Å². The molecule has 1 aromatic carbocycles. The van der Waals surface area contributed by atoms with Crippen molar-refractivity contribution < 1.29 is 18.4 Å². The molecule has 2 rings (SSSR count). The second-order valence-electron chi connectivity index (χ2n) is 3.49. The van der Waals surface area contributed by atoms with Crippen LogP contribution in [0.2, 0.25) is 0 Å². The standard InChI is InChI=1S/C8H7O4P.C4H10/c9-13(10)12-7-2-1-6-3-4-11-8(6)5-7;1-3-4-2/h1-5,13H,(H,9,10);3-4H2,1-2H3. The van der Waals surface area contributed by atoms with Gasteiger partial charge in [-0.15, -0.1) is 0 Å². The molecule has 0 aliphatic carbocycles. The fourth-order valence-electron chi connectivity index (χ4n) is 1.10. The first-order valence-electron chi connectivity index (χ1n) is 5.55. The van der Waals surface area contributed by atoms with Gasteiger partial charge in [-0.2, -0.15) is 0 Å². The van der Waals surface area contributed by atoms with Crippen LogP contribution in [-0.4, -0.2) is 4.89 Å². The lowest BCUT2D eigenvalue weighted by molar-refractivity contribution is 0.410. The Morgan fingerprint density at radius 2 is 2.00 bits per heavy atom. The average Bonchev–Trinajstić information content (AvgIpc) is 2.76. The minimum atomic E-state index is -2.93. The molecule has 94 valence electrons. The topological polar surface area (TPSA) is 59.7 Å². The highest BCUT2D eigenvalue weighted by molar-refractivity contribution is 7.32. The van der Waals surface area contributed by atoms with E-state index in [-0.39, 0.29) is 0 Å². The molecular formula is C12H17O4P. The van der Waals surface area contributed by atoms with Crippen LogP contribution in [0.5, 0.6) is 5.75 Å². The molecule has 17 heavy (non-hydrogen) atoms. The van der Waals surface area contributed by atoms with Crippen molar-refractivity contribution in [2.24, 2.45) is 0 Å². The van der Waals surface area contributed by atoms with Gasteiger partial charge in [-0.25, -0.2) is 4.57 Å². The summed E-state index contributed by atoms with van der Waals surface area (Å²) < 4.78 is 20.1. The van der Waals surface area contributed by atoms with E-state index in [1.165, 1.54) is 12.8 Å². The summed E-state index contributed by atoms with van der Waals surface area (Å²) in [5.74, 6) is 0.342. The van der Waals surface area contributed by atoms with E-state index in [0.717, 1.165) is 5.39 Å². The maximum Gasteiger partial charge on any atom is 0.365 e. The molecule has 0 saturated heterocycles. The van der Waals surface area contributed by atoms with Crippen LogP contribution < -0.4 is 4.52 Å². The van der Waals surface area contributed by atoms with E-state index >= 15 is 0 Å². The fraction of sp³-hybridized carbons (Fsp3) is 0.333. The van der Waals surface area contributed by atoms with Crippen molar-refractivity contribution in [2.45, 2.75) is 26.7 Å². The minimum Gasteiger partial charge on any atom is -0.464 e. The monoisotopic (exact) mass is 256 g/mol. The van der Waals surface area contributed by atoms with Crippen molar-refractivity contribution in [3.8, 4) is 5.75 Å². The third kappa shape index (κ3) is 4.63. The highest BCUT2D eigenvalue weighted by atomic mass is 31.1. The SMILES string of the molecule is CCCC.O=[PH](O)Oc1ccc2ccoc2c1. The second-order valence-corrected chi connectivity index (χ2v) is 4.22. The van der Waals surface area contributed by atoms with Crippen LogP contribution in [0.1, 0.15) is 26.7 Å². The molecule has 0 spiro atoms. The number of rotatable bonds is 3. The quantitative estimate of drug-likeness (QED) is 0.843. The average molecular weight is 256 g/mol. The van der Waals surface area contributed by atoms with E-state index in [1.807, 2.05) is 0 Å². The van der Waals surface area contributed by atoms with E-state index in [9.17, 15) is 4.57 Å². The van der Waals surface area contributed by atoms with Crippen molar-refractivity contribution in [3.05, 3.63) is 30.5 Å². The van der Waals surface area contributed by atoms with Gasteiger partial charge in [0.2, 0.25) is 0 Å². The lowest BCUT2D eigenvalue weighted by atomic mass is 10.2. The van der Waals surface area contributed by atoms with Crippen LogP contribution in [0.4, 0.5) is 0 Å². The normalized spacial score (nSPS) is 11.7. The first-order chi connectivity index (χ1) is 8.17. The lowest BCUT2D eigenvalue weighted by Crippen LogP contribution is -1.78. The van der Waals surface area contributed by atoms with Crippen molar-refractivity contribution in [1.29, 1.82) is 0 Å². The van der Waals surface area contributed by atoms with Gasteiger partial charge in [0, 0.05) is 11.5 Å². The molecule has 4 nitrogen and oxygen atoms in total. The summed E-state index contributed by atoms with van der Waals surface area (Å²) in [6.07, 6.45) is 4.19. The van der Waals surface area contributed by atoms with Crippen molar-refractivity contribution >= 4 is 19.2 Å². The summed E-state index contributed by atoms with van der Waals surface area (Å²) in [6, 6.07) is 6.77. The Hall–Kier alpha value is -1.25. The minimum absolute atomic E-state index is 0.342. The summed E-state index contributed by atoms with van der Waals surface area (Å²) in [4.78, 5) is 8.52. The summed E-state index contributed by atoms with van der Waals surface area (Å²) in [5.41, 5.74) is 0.640. The van der Waals surface area contributed by atoms with Crippen molar-refractivity contribution in [1.82, 2.24) is 0 Å². The number of hydrogen-bond donors (Lipinski definition) is 1. The summed E-state index contributed by atoms with van der Waals surface area (Å²) in [6.45, 7) is 4.36. The molecule has 0 saturated carbocycles. The van der Waals surface area contributed by atoms with Gasteiger partial charge in [-0.05, 0) is 18.2 Å². The van der Waals surface area contributed by atoms with Gasteiger partial charge >= 0.3 is 8.25 Å². The molecule has 0 aliphatic rings. The Kier molecular flexibility index (Phi) is 5.81. The lowest BCUT2D eigenvalue weighted by Gasteiger charge is -1.99. The Morgan fingerprint density at radius 1 is 1.29 bits per heavy atom. The van der Waals surface area contributed by atoms with Crippen molar-refractivity contribution in [3.63, 3.8) is 0 Å². The van der Waals surface area contributed by atoms with Crippen LogP contribution in [-0.2, 0) is 4.57 Å². The van der Waals surface area contributed by atoms with Gasteiger partial charge in [0.05, 0.1) is 6.26 Å². The number of benzene rings is 1. The third-order valence-electron chi connectivity index (χ3n) is 2.13. The molecule has 0 fully saturated rings. The third-order valence-corrected chi connectivity index (χ3v) is 2.54. The van der Waals surface area contributed by atoms with Crippen molar-refractivity contribution in [2.75, 3.05) is 0 Å². The Morgan fingerprint density at radius 3 is 2.59 bits per heavy atom. The Balaban J connectivity index is 0.000000317. The summed E-state index contributed by atoms with van der Waals surface area (Å²) in [5, 5.41) is 0.935. The molecule has 0 bridgehead atoms. The van der Waals surface area contributed by atoms with Crippen LogP contribution in [0, 0.1) is 0 Å². The highest BCUT2D eigenvalue weighted by Gasteiger charge is 2.01. The number of hydrogen-bond acceptors (Lipinski definition) is 3. The van der Waals surface area contributed by atoms with E-state index in [2.05, 4.69) is 18.4 Å². The van der Waals surface area contributed by atoms with Gasteiger partial charge in [-0.3, -0.25) is 0 Å². The largest absolute Gasteiger partial charge is 0.464 e. The maximum atomic E-state index is 10.4.